The van der Waals surface area contributed by atoms with Crippen LogP contribution >= 0.6 is 27.3 Å². The third kappa shape index (κ3) is 1.86. The summed E-state index contributed by atoms with van der Waals surface area (Å²) < 4.78 is 1.04. The second-order valence-corrected chi connectivity index (χ2v) is 5.99. The van der Waals surface area contributed by atoms with Crippen LogP contribution in [0.1, 0.15) is 28.1 Å². The van der Waals surface area contributed by atoms with Crippen molar-refractivity contribution in [2.45, 2.75) is 19.8 Å². The van der Waals surface area contributed by atoms with Crippen LogP contribution in [-0.4, -0.2) is 23.9 Å². The minimum Gasteiger partial charge on any atom is -0.338 e. The van der Waals surface area contributed by atoms with Gasteiger partial charge in [0.1, 0.15) is 0 Å². The first-order chi connectivity index (χ1) is 6.68. The third-order valence-electron chi connectivity index (χ3n) is 2.48. The molecule has 1 aromatic heterocycles. The van der Waals surface area contributed by atoms with Gasteiger partial charge in [0.25, 0.3) is 5.91 Å². The van der Waals surface area contributed by atoms with Crippen LogP contribution < -0.4 is 0 Å². The molecule has 0 bridgehead atoms. The van der Waals surface area contributed by atoms with Crippen molar-refractivity contribution in [1.82, 2.24) is 4.90 Å². The zero-order valence-corrected chi connectivity index (χ0v) is 10.4. The minimum atomic E-state index is 0.204. The highest BCUT2D eigenvalue weighted by atomic mass is 79.9. The first-order valence-corrected chi connectivity index (χ1v) is 6.34. The van der Waals surface area contributed by atoms with Crippen LogP contribution in [0.5, 0.6) is 0 Å². The smallest absolute Gasteiger partial charge is 0.264 e. The second kappa shape index (κ2) is 4.03. The molecule has 0 unspecified atom stereocenters. The van der Waals surface area contributed by atoms with Gasteiger partial charge in [-0.25, -0.2) is 0 Å². The van der Waals surface area contributed by atoms with Gasteiger partial charge in [-0.05, 0) is 47.3 Å². The van der Waals surface area contributed by atoms with E-state index in [0.717, 1.165) is 40.2 Å². The number of halogens is 1. The summed E-state index contributed by atoms with van der Waals surface area (Å²) in [7, 11) is 0. The lowest BCUT2D eigenvalue weighted by molar-refractivity contribution is 0.0797. The number of amides is 1. The summed E-state index contributed by atoms with van der Waals surface area (Å²) in [6.07, 6.45) is 2.30. The number of thiophene rings is 1. The highest BCUT2D eigenvalue weighted by Gasteiger charge is 2.22. The number of carbonyl (C=O) groups excluding carboxylic acids is 1. The molecule has 2 heterocycles. The summed E-state index contributed by atoms with van der Waals surface area (Å²) in [6.45, 7) is 3.84. The Bertz CT molecular complexity index is 355. The molecular weight excluding hydrogens is 262 g/mol. The van der Waals surface area contributed by atoms with Crippen LogP contribution in [0.25, 0.3) is 0 Å². The maximum absolute atomic E-state index is 12.0. The molecule has 0 aromatic carbocycles. The second-order valence-electron chi connectivity index (χ2n) is 3.56. The molecule has 0 radical (unpaired) electrons. The predicted octanol–water partition coefficient (Wildman–Crippen LogP) is 3.06. The zero-order chi connectivity index (χ0) is 10.1. The molecule has 1 aliphatic rings. The lowest BCUT2D eigenvalue weighted by Crippen LogP contribution is -2.27. The van der Waals surface area contributed by atoms with Crippen LogP contribution in [0.4, 0.5) is 0 Å². The average Bonchev–Trinajstić information content (AvgIpc) is 2.73. The Hall–Kier alpha value is -0.350. The van der Waals surface area contributed by atoms with Gasteiger partial charge in [0.05, 0.1) is 8.66 Å². The third-order valence-corrected chi connectivity index (χ3v) is 4.20. The van der Waals surface area contributed by atoms with Crippen LogP contribution in [-0.2, 0) is 0 Å². The van der Waals surface area contributed by atoms with Gasteiger partial charge in [0.15, 0.2) is 0 Å². The van der Waals surface area contributed by atoms with E-state index in [0.29, 0.717) is 0 Å². The van der Waals surface area contributed by atoms with Crippen LogP contribution in [0.15, 0.2) is 9.85 Å². The van der Waals surface area contributed by atoms with Crippen molar-refractivity contribution in [2.24, 2.45) is 0 Å². The van der Waals surface area contributed by atoms with E-state index in [1.165, 1.54) is 11.3 Å². The molecular formula is C10H12BrNOS. The van der Waals surface area contributed by atoms with E-state index in [-0.39, 0.29) is 5.91 Å². The molecule has 76 valence electrons. The lowest BCUT2D eigenvalue weighted by atomic mass is 10.3. The van der Waals surface area contributed by atoms with Crippen molar-refractivity contribution in [3.8, 4) is 0 Å². The quantitative estimate of drug-likeness (QED) is 0.770. The van der Waals surface area contributed by atoms with Crippen LogP contribution in [0.2, 0.25) is 0 Å². The summed E-state index contributed by atoms with van der Waals surface area (Å²) in [5.41, 5.74) is 1.08. The molecule has 2 nitrogen and oxygen atoms in total. The van der Waals surface area contributed by atoms with Gasteiger partial charge in [-0.2, -0.15) is 0 Å². The molecule has 1 fully saturated rings. The van der Waals surface area contributed by atoms with Gasteiger partial charge in [-0.15, -0.1) is 11.3 Å². The Balaban J connectivity index is 2.21. The van der Waals surface area contributed by atoms with E-state index < -0.39 is 0 Å². The number of rotatable bonds is 1. The molecule has 0 atom stereocenters. The average molecular weight is 274 g/mol. The number of aryl methyl sites for hydroxylation is 1. The Morgan fingerprint density at radius 3 is 2.64 bits per heavy atom. The van der Waals surface area contributed by atoms with Gasteiger partial charge in [0, 0.05) is 13.1 Å². The summed E-state index contributed by atoms with van der Waals surface area (Å²) in [5.74, 6) is 0.204. The molecule has 1 aliphatic heterocycles. The van der Waals surface area contributed by atoms with Crippen molar-refractivity contribution >= 4 is 33.2 Å². The zero-order valence-electron chi connectivity index (χ0n) is 8.05. The van der Waals surface area contributed by atoms with Crippen molar-refractivity contribution in [1.29, 1.82) is 0 Å². The number of carbonyl (C=O) groups is 1. The molecule has 1 saturated heterocycles. The van der Waals surface area contributed by atoms with Crippen molar-refractivity contribution in [3.05, 3.63) is 20.3 Å². The number of hydrogen-bond acceptors (Lipinski definition) is 2. The van der Waals surface area contributed by atoms with Gasteiger partial charge >= 0.3 is 0 Å². The van der Waals surface area contributed by atoms with Crippen LogP contribution in [0.3, 0.4) is 0 Å². The Morgan fingerprint density at radius 2 is 2.14 bits per heavy atom. The molecule has 2 rings (SSSR count). The summed E-state index contributed by atoms with van der Waals surface area (Å²) >= 11 is 4.94. The number of nitrogens with zero attached hydrogens (tertiary/aromatic N) is 1. The maximum Gasteiger partial charge on any atom is 0.264 e. The van der Waals surface area contributed by atoms with E-state index in [4.69, 9.17) is 0 Å². The first kappa shape index (κ1) is 10.2. The van der Waals surface area contributed by atoms with Crippen molar-refractivity contribution in [3.63, 3.8) is 0 Å². The Kier molecular flexibility index (Phi) is 2.93. The van der Waals surface area contributed by atoms with Gasteiger partial charge in [-0.3, -0.25) is 4.79 Å². The highest BCUT2D eigenvalue weighted by molar-refractivity contribution is 9.11. The highest BCUT2D eigenvalue weighted by Crippen LogP contribution is 2.28. The topological polar surface area (TPSA) is 20.3 Å². The summed E-state index contributed by atoms with van der Waals surface area (Å²) in [5, 5.41) is 0. The van der Waals surface area contributed by atoms with Crippen molar-refractivity contribution < 1.29 is 4.79 Å². The Labute approximate surface area is 96.0 Å². The molecule has 1 aromatic rings. The van der Waals surface area contributed by atoms with E-state index in [2.05, 4.69) is 15.9 Å². The van der Waals surface area contributed by atoms with E-state index in [1.54, 1.807) is 0 Å². The molecule has 1 amide bonds. The first-order valence-electron chi connectivity index (χ1n) is 4.73. The Morgan fingerprint density at radius 1 is 1.50 bits per heavy atom. The van der Waals surface area contributed by atoms with Crippen LogP contribution in [0, 0.1) is 6.92 Å². The number of likely N-dealkylation sites (tertiary alicyclic amines) is 1. The SMILES string of the molecule is Cc1cc(Br)sc1C(=O)N1CCCC1. The normalized spacial score (nSPS) is 16.3. The van der Waals surface area contributed by atoms with E-state index in [1.807, 2.05) is 17.9 Å². The fourth-order valence-corrected chi connectivity index (χ4v) is 3.42. The standard InChI is InChI=1S/C10H12BrNOS/c1-7-6-8(11)14-9(7)10(13)12-4-2-3-5-12/h6H,2-5H2,1H3. The molecule has 0 aliphatic carbocycles. The van der Waals surface area contributed by atoms with E-state index >= 15 is 0 Å². The summed E-state index contributed by atoms with van der Waals surface area (Å²) in [6, 6.07) is 2.01. The lowest BCUT2D eigenvalue weighted by Gasteiger charge is -2.14. The molecule has 0 spiro atoms. The van der Waals surface area contributed by atoms with Gasteiger partial charge in [0.2, 0.25) is 0 Å². The largest absolute Gasteiger partial charge is 0.338 e. The van der Waals surface area contributed by atoms with E-state index in [9.17, 15) is 4.79 Å². The molecule has 0 N–H and O–H groups in total. The molecule has 0 saturated carbocycles. The molecule has 14 heavy (non-hydrogen) atoms. The number of hydrogen-bond donors (Lipinski definition) is 0. The fourth-order valence-electron chi connectivity index (χ4n) is 1.72. The van der Waals surface area contributed by atoms with Crippen molar-refractivity contribution in [2.75, 3.05) is 13.1 Å². The monoisotopic (exact) mass is 273 g/mol. The maximum atomic E-state index is 12.0. The summed E-state index contributed by atoms with van der Waals surface area (Å²) in [4.78, 5) is 14.8. The van der Waals surface area contributed by atoms with Gasteiger partial charge < -0.3 is 4.90 Å². The van der Waals surface area contributed by atoms with Gasteiger partial charge in [-0.1, -0.05) is 0 Å². The molecule has 4 heteroatoms. The predicted molar refractivity (Wildman–Crippen MR) is 61.9 cm³/mol. The minimum absolute atomic E-state index is 0.204. The fraction of sp³-hybridized carbons (Fsp3) is 0.500.